The number of piperidine rings is 1. The van der Waals surface area contributed by atoms with Gasteiger partial charge in [0.05, 0.1) is 22.7 Å². The van der Waals surface area contributed by atoms with Gasteiger partial charge in [-0.2, -0.15) is 0 Å². The maximum absolute atomic E-state index is 13.5. The molecule has 208 valence electrons. The van der Waals surface area contributed by atoms with Gasteiger partial charge in [-0.1, -0.05) is 17.7 Å². The highest BCUT2D eigenvalue weighted by molar-refractivity contribution is 6.30. The summed E-state index contributed by atoms with van der Waals surface area (Å²) in [5.41, 5.74) is 1.06. The number of benzene rings is 1. The second-order valence-electron chi connectivity index (χ2n) is 9.93. The summed E-state index contributed by atoms with van der Waals surface area (Å²) in [6, 6.07) is 8.64. The number of pyridine rings is 1. The topological polar surface area (TPSA) is 133 Å². The zero-order valence-electron chi connectivity index (χ0n) is 22.4. The van der Waals surface area contributed by atoms with Crippen molar-refractivity contribution in [1.29, 1.82) is 0 Å². The maximum atomic E-state index is 13.5. The first kappa shape index (κ1) is 28.5. The number of hydrogen-bond acceptors (Lipinski definition) is 7. The predicted octanol–water partition coefficient (Wildman–Crippen LogP) is 2.39. The molecule has 3 heterocycles. The molecule has 1 aliphatic rings. The van der Waals surface area contributed by atoms with Gasteiger partial charge in [-0.15, -0.1) is 0 Å². The molecule has 3 aromatic rings. The summed E-state index contributed by atoms with van der Waals surface area (Å²) in [6.07, 6.45) is 3.04. The van der Waals surface area contributed by atoms with Crippen molar-refractivity contribution in [3.8, 4) is 0 Å². The summed E-state index contributed by atoms with van der Waals surface area (Å²) in [4.78, 5) is 52.0. The molecule has 1 aromatic carbocycles. The number of nitrogens with zero attached hydrogens (tertiary/aromatic N) is 5. The summed E-state index contributed by atoms with van der Waals surface area (Å²) in [5.74, 6) is -0.813. The molecule has 39 heavy (non-hydrogen) atoms. The number of imidazole rings is 1. The Morgan fingerprint density at radius 1 is 1.18 bits per heavy atom. The molecule has 3 amide bonds. The largest absolute Gasteiger partial charge is 0.395 e. The van der Waals surface area contributed by atoms with Gasteiger partial charge in [-0.05, 0) is 51.0 Å². The lowest BCUT2D eigenvalue weighted by Gasteiger charge is -2.34. The SMILES string of the molecule is CC(C)N1CCC(NC(=O)c2nc3c(C(=O)N(C)CCO)cccc3n2CC(=O)Nc2ccc(Cl)cn2)CC1. The maximum Gasteiger partial charge on any atom is 0.287 e. The van der Waals surface area contributed by atoms with Gasteiger partial charge < -0.3 is 30.1 Å². The van der Waals surface area contributed by atoms with E-state index in [4.69, 9.17) is 11.6 Å². The molecule has 0 spiro atoms. The number of amides is 3. The number of halogens is 1. The van der Waals surface area contributed by atoms with Crippen molar-refractivity contribution in [2.75, 3.05) is 38.6 Å². The summed E-state index contributed by atoms with van der Waals surface area (Å²) in [7, 11) is 1.58. The van der Waals surface area contributed by atoms with Crippen molar-refractivity contribution >= 4 is 46.2 Å². The van der Waals surface area contributed by atoms with E-state index in [0.717, 1.165) is 25.9 Å². The quantitative estimate of drug-likeness (QED) is 0.369. The van der Waals surface area contributed by atoms with E-state index in [0.29, 0.717) is 27.9 Å². The fourth-order valence-corrected chi connectivity index (χ4v) is 4.81. The second kappa shape index (κ2) is 12.5. The molecule has 4 rings (SSSR count). The lowest BCUT2D eigenvalue weighted by Crippen LogP contribution is -2.47. The van der Waals surface area contributed by atoms with Crippen LogP contribution in [0.2, 0.25) is 5.02 Å². The van der Waals surface area contributed by atoms with Gasteiger partial charge in [0.2, 0.25) is 11.7 Å². The van der Waals surface area contributed by atoms with E-state index in [9.17, 15) is 19.5 Å². The Morgan fingerprint density at radius 3 is 2.56 bits per heavy atom. The van der Waals surface area contributed by atoms with Crippen LogP contribution in [-0.2, 0) is 11.3 Å². The Kier molecular flexibility index (Phi) is 9.16. The predicted molar refractivity (Wildman–Crippen MR) is 149 cm³/mol. The minimum Gasteiger partial charge on any atom is -0.395 e. The van der Waals surface area contributed by atoms with E-state index in [1.165, 1.54) is 15.7 Å². The number of aliphatic hydroxyl groups is 1. The molecule has 0 bridgehead atoms. The first-order valence-electron chi connectivity index (χ1n) is 13.0. The van der Waals surface area contributed by atoms with Crippen LogP contribution in [-0.4, -0.2) is 92.5 Å². The Morgan fingerprint density at radius 2 is 1.92 bits per heavy atom. The number of aromatic nitrogens is 3. The number of carbonyl (C=O) groups is 3. The molecule has 3 N–H and O–H groups in total. The Bertz CT molecular complexity index is 1330. The molecule has 1 saturated heterocycles. The van der Waals surface area contributed by atoms with Crippen LogP contribution in [0.5, 0.6) is 0 Å². The average molecular weight is 556 g/mol. The molecule has 0 unspecified atom stereocenters. The third-order valence-electron chi connectivity index (χ3n) is 6.89. The molecule has 0 atom stereocenters. The van der Waals surface area contributed by atoms with E-state index >= 15 is 0 Å². The standard InChI is InChI=1S/C27H34ClN7O4/c1-17(2)34-11-9-19(10-12-34)30-26(38)25-32-24-20(27(39)33(3)13-14-36)5-4-6-21(24)35(25)16-23(37)31-22-8-7-18(28)15-29-22/h4-8,15,17,19,36H,9-14,16H2,1-3H3,(H,30,38)(H,29,31,37). The smallest absolute Gasteiger partial charge is 0.287 e. The van der Waals surface area contributed by atoms with E-state index in [2.05, 4.69) is 39.3 Å². The van der Waals surface area contributed by atoms with Crippen molar-refractivity contribution in [3.63, 3.8) is 0 Å². The van der Waals surface area contributed by atoms with E-state index in [-0.39, 0.29) is 43.0 Å². The molecule has 2 aromatic heterocycles. The van der Waals surface area contributed by atoms with Crippen LogP contribution in [0.1, 0.15) is 47.7 Å². The van der Waals surface area contributed by atoms with Crippen molar-refractivity contribution in [3.05, 3.63) is 52.9 Å². The third-order valence-corrected chi connectivity index (χ3v) is 7.11. The summed E-state index contributed by atoms with van der Waals surface area (Å²) in [5, 5.41) is 15.5. The first-order valence-corrected chi connectivity index (χ1v) is 13.4. The van der Waals surface area contributed by atoms with E-state index in [1.54, 1.807) is 37.4 Å². The van der Waals surface area contributed by atoms with Gasteiger partial charge in [-0.25, -0.2) is 9.97 Å². The number of rotatable bonds is 9. The molecule has 1 fully saturated rings. The van der Waals surface area contributed by atoms with Crippen molar-refractivity contribution in [1.82, 2.24) is 29.7 Å². The van der Waals surface area contributed by atoms with Crippen molar-refractivity contribution in [2.24, 2.45) is 0 Å². The lowest BCUT2D eigenvalue weighted by atomic mass is 10.0. The van der Waals surface area contributed by atoms with Gasteiger partial charge in [0.25, 0.3) is 11.8 Å². The van der Waals surface area contributed by atoms with Crippen LogP contribution in [0.25, 0.3) is 11.0 Å². The van der Waals surface area contributed by atoms with Crippen molar-refractivity contribution in [2.45, 2.75) is 45.3 Å². The van der Waals surface area contributed by atoms with E-state index < -0.39 is 11.8 Å². The van der Waals surface area contributed by atoms with Gasteiger partial charge in [-0.3, -0.25) is 14.4 Å². The van der Waals surface area contributed by atoms with Crippen LogP contribution in [0.3, 0.4) is 0 Å². The number of aliphatic hydroxyl groups excluding tert-OH is 1. The number of hydrogen-bond donors (Lipinski definition) is 3. The fourth-order valence-electron chi connectivity index (χ4n) is 4.70. The summed E-state index contributed by atoms with van der Waals surface area (Å²) >= 11 is 5.89. The fraction of sp³-hybridized carbons (Fsp3) is 0.444. The van der Waals surface area contributed by atoms with Crippen LogP contribution >= 0.6 is 11.6 Å². The molecule has 0 aliphatic carbocycles. The first-order chi connectivity index (χ1) is 18.7. The highest BCUT2D eigenvalue weighted by atomic mass is 35.5. The Hall–Kier alpha value is -3.54. The van der Waals surface area contributed by atoms with Gasteiger partial charge >= 0.3 is 0 Å². The number of carbonyl (C=O) groups excluding carboxylic acids is 3. The minimum atomic E-state index is -0.419. The summed E-state index contributed by atoms with van der Waals surface area (Å²) < 4.78 is 1.52. The highest BCUT2D eigenvalue weighted by Gasteiger charge is 2.27. The van der Waals surface area contributed by atoms with Crippen LogP contribution in [0, 0.1) is 0 Å². The number of fused-ring (bicyclic) bond motifs is 1. The van der Waals surface area contributed by atoms with E-state index in [1.807, 2.05) is 0 Å². The molecule has 11 nitrogen and oxygen atoms in total. The molecule has 1 aliphatic heterocycles. The number of likely N-dealkylation sites (tertiary alicyclic amines) is 1. The van der Waals surface area contributed by atoms with Crippen LogP contribution < -0.4 is 10.6 Å². The Balaban J connectivity index is 1.65. The zero-order chi connectivity index (χ0) is 28.1. The number of anilines is 1. The Labute approximate surface area is 232 Å². The number of likely N-dealkylation sites (N-methyl/N-ethyl adjacent to an activating group) is 1. The average Bonchev–Trinajstić information content (AvgIpc) is 3.28. The third kappa shape index (κ3) is 6.73. The molecular weight excluding hydrogens is 522 g/mol. The van der Waals surface area contributed by atoms with Crippen LogP contribution in [0.4, 0.5) is 5.82 Å². The lowest BCUT2D eigenvalue weighted by molar-refractivity contribution is -0.116. The monoisotopic (exact) mass is 555 g/mol. The van der Waals surface area contributed by atoms with Crippen molar-refractivity contribution < 1.29 is 19.5 Å². The molecule has 12 heteroatoms. The minimum absolute atomic E-state index is 0.0235. The van der Waals surface area contributed by atoms with Gasteiger partial charge in [0.15, 0.2) is 0 Å². The zero-order valence-corrected chi connectivity index (χ0v) is 23.1. The number of nitrogens with one attached hydrogen (secondary N) is 2. The summed E-state index contributed by atoms with van der Waals surface area (Å²) in [6.45, 7) is 5.81. The van der Waals surface area contributed by atoms with Gasteiger partial charge in [0, 0.05) is 45.0 Å². The van der Waals surface area contributed by atoms with Gasteiger partial charge in [0.1, 0.15) is 17.9 Å². The second-order valence-corrected chi connectivity index (χ2v) is 10.4. The highest BCUT2D eigenvalue weighted by Crippen LogP contribution is 2.23. The van der Waals surface area contributed by atoms with Crippen LogP contribution in [0.15, 0.2) is 36.5 Å². The normalized spacial score (nSPS) is 14.5. The molecular formula is C27H34ClN7O4. The molecule has 0 radical (unpaired) electrons. The molecule has 0 saturated carbocycles. The number of para-hydroxylation sites is 1.